The van der Waals surface area contributed by atoms with E-state index in [4.69, 9.17) is 15.2 Å². The van der Waals surface area contributed by atoms with Crippen molar-refractivity contribution in [1.82, 2.24) is 4.98 Å². The summed E-state index contributed by atoms with van der Waals surface area (Å²) in [4.78, 5) is 15.5. The topological polar surface area (TPSA) is 74.4 Å². The second-order valence-electron chi connectivity index (χ2n) is 3.87. The predicted octanol–water partition coefficient (Wildman–Crippen LogP) is 2.66. The summed E-state index contributed by atoms with van der Waals surface area (Å²) < 4.78 is 11.5. The number of hydrogen-bond donors (Lipinski definition) is 1. The van der Waals surface area contributed by atoms with E-state index in [1.165, 1.54) is 6.20 Å². The molecule has 0 atom stereocenters. The molecular weight excluding hydrogens is 324 g/mol. The van der Waals surface area contributed by atoms with Crippen molar-refractivity contribution in [2.75, 3.05) is 18.9 Å². The molecule has 5 nitrogen and oxygen atoms in total. The van der Waals surface area contributed by atoms with E-state index >= 15 is 0 Å². The lowest BCUT2D eigenvalue weighted by atomic mass is 10.2. The minimum absolute atomic E-state index is 0.142. The van der Waals surface area contributed by atoms with Gasteiger partial charge in [-0.1, -0.05) is 15.9 Å². The van der Waals surface area contributed by atoms with Crippen molar-refractivity contribution in [2.24, 2.45) is 0 Å². The molecule has 0 amide bonds. The number of nitrogen functional groups attached to an aromatic ring is 1. The van der Waals surface area contributed by atoms with Crippen molar-refractivity contribution in [1.29, 1.82) is 0 Å². The second kappa shape index (κ2) is 6.91. The van der Waals surface area contributed by atoms with E-state index in [0.717, 1.165) is 4.47 Å². The maximum atomic E-state index is 11.7. The van der Waals surface area contributed by atoms with Crippen LogP contribution in [0.25, 0.3) is 0 Å². The number of nitrogens with zero attached hydrogens (tertiary/aromatic N) is 1. The molecule has 1 aromatic carbocycles. The van der Waals surface area contributed by atoms with Gasteiger partial charge >= 0.3 is 5.97 Å². The number of pyridine rings is 1. The summed E-state index contributed by atoms with van der Waals surface area (Å²) in [5, 5.41) is 0. The lowest BCUT2D eigenvalue weighted by Gasteiger charge is -2.08. The highest BCUT2D eigenvalue weighted by molar-refractivity contribution is 9.10. The monoisotopic (exact) mass is 336 g/mol. The highest BCUT2D eigenvalue weighted by Crippen LogP contribution is 2.16. The Hall–Kier alpha value is -2.08. The van der Waals surface area contributed by atoms with Crippen LogP contribution in [0.15, 0.2) is 47.1 Å². The number of benzene rings is 1. The minimum atomic E-state index is -0.505. The third-order valence-electron chi connectivity index (χ3n) is 2.46. The highest BCUT2D eigenvalue weighted by atomic mass is 79.9. The maximum absolute atomic E-state index is 11.7. The molecule has 1 aromatic heterocycles. The molecule has 0 aliphatic heterocycles. The Morgan fingerprint density at radius 3 is 2.65 bits per heavy atom. The van der Waals surface area contributed by atoms with Crippen LogP contribution in [-0.2, 0) is 4.74 Å². The zero-order valence-electron chi connectivity index (χ0n) is 10.6. The van der Waals surface area contributed by atoms with Gasteiger partial charge in [-0.15, -0.1) is 0 Å². The van der Waals surface area contributed by atoms with Crippen LogP contribution in [-0.4, -0.2) is 24.2 Å². The molecule has 1 heterocycles. The highest BCUT2D eigenvalue weighted by Gasteiger charge is 2.11. The molecule has 0 unspecified atom stereocenters. The predicted molar refractivity (Wildman–Crippen MR) is 78.6 cm³/mol. The van der Waals surface area contributed by atoms with Crippen molar-refractivity contribution in [2.45, 2.75) is 0 Å². The first-order valence-electron chi connectivity index (χ1n) is 5.93. The van der Waals surface area contributed by atoms with Crippen LogP contribution in [0.4, 0.5) is 5.82 Å². The first-order chi connectivity index (χ1) is 9.66. The molecule has 104 valence electrons. The van der Waals surface area contributed by atoms with Gasteiger partial charge in [0.2, 0.25) is 0 Å². The van der Waals surface area contributed by atoms with Gasteiger partial charge in [0.05, 0.1) is 0 Å². The molecule has 2 N–H and O–H groups in total. The molecule has 0 bridgehead atoms. The third kappa shape index (κ3) is 3.96. The number of nitrogens with two attached hydrogens (primary N) is 1. The van der Waals surface area contributed by atoms with E-state index in [0.29, 0.717) is 5.75 Å². The Bertz CT molecular complexity index is 587. The Morgan fingerprint density at radius 2 is 1.95 bits per heavy atom. The number of esters is 1. The summed E-state index contributed by atoms with van der Waals surface area (Å²) in [6, 6.07) is 10.6. The molecule has 0 saturated heterocycles. The van der Waals surface area contributed by atoms with Gasteiger partial charge in [-0.05, 0) is 36.4 Å². The lowest BCUT2D eigenvalue weighted by Crippen LogP contribution is -2.14. The molecule has 0 fully saturated rings. The fraction of sp³-hybridized carbons (Fsp3) is 0.143. The van der Waals surface area contributed by atoms with E-state index in [9.17, 15) is 4.79 Å². The van der Waals surface area contributed by atoms with Crippen LogP contribution >= 0.6 is 15.9 Å². The van der Waals surface area contributed by atoms with Crippen molar-refractivity contribution < 1.29 is 14.3 Å². The first kappa shape index (κ1) is 14.3. The Kier molecular flexibility index (Phi) is 4.95. The molecule has 0 radical (unpaired) electrons. The summed E-state index contributed by atoms with van der Waals surface area (Å²) in [7, 11) is 0. The molecule has 0 aliphatic rings. The number of carbonyl (C=O) groups is 1. The third-order valence-corrected chi connectivity index (χ3v) is 2.99. The first-order valence-corrected chi connectivity index (χ1v) is 6.72. The Balaban J connectivity index is 1.77. The van der Waals surface area contributed by atoms with E-state index in [1.807, 2.05) is 24.3 Å². The molecule has 2 rings (SSSR count). The van der Waals surface area contributed by atoms with Crippen molar-refractivity contribution in [3.8, 4) is 5.75 Å². The van der Waals surface area contributed by atoms with E-state index in [2.05, 4.69) is 20.9 Å². The number of rotatable bonds is 5. The summed E-state index contributed by atoms with van der Waals surface area (Å²) in [6.45, 7) is 0.413. The maximum Gasteiger partial charge on any atom is 0.342 e. The molecule has 2 aromatic rings. The number of anilines is 1. The molecular formula is C14H13BrN2O3. The van der Waals surface area contributed by atoms with Crippen LogP contribution < -0.4 is 10.5 Å². The zero-order chi connectivity index (χ0) is 14.4. The van der Waals surface area contributed by atoms with Crippen LogP contribution in [0.1, 0.15) is 10.4 Å². The van der Waals surface area contributed by atoms with Gasteiger partial charge in [-0.3, -0.25) is 0 Å². The van der Waals surface area contributed by atoms with Crippen LogP contribution in [0.3, 0.4) is 0 Å². The quantitative estimate of drug-likeness (QED) is 0.671. The lowest BCUT2D eigenvalue weighted by molar-refractivity contribution is 0.0451. The van der Waals surface area contributed by atoms with Gasteiger partial charge in [0.25, 0.3) is 0 Å². The zero-order valence-corrected chi connectivity index (χ0v) is 12.2. The van der Waals surface area contributed by atoms with Gasteiger partial charge in [0.1, 0.15) is 30.3 Å². The summed E-state index contributed by atoms with van der Waals surface area (Å²) >= 11 is 3.34. The standard InChI is InChI=1S/C14H13BrN2O3/c15-10-3-5-11(6-4-10)19-8-9-20-14(18)12-2-1-7-17-13(12)16/h1-7H,8-9H2,(H2,16,17). The summed E-state index contributed by atoms with van der Waals surface area (Å²) in [6.07, 6.45) is 1.52. The number of halogens is 1. The molecule has 6 heteroatoms. The van der Waals surface area contributed by atoms with Gasteiger partial charge in [-0.2, -0.15) is 0 Å². The SMILES string of the molecule is Nc1ncccc1C(=O)OCCOc1ccc(Br)cc1. The molecule has 20 heavy (non-hydrogen) atoms. The van der Waals surface area contributed by atoms with Crippen molar-refractivity contribution in [3.63, 3.8) is 0 Å². The fourth-order valence-electron chi connectivity index (χ4n) is 1.49. The molecule has 0 aliphatic carbocycles. The Morgan fingerprint density at radius 1 is 1.20 bits per heavy atom. The van der Waals surface area contributed by atoms with Gasteiger partial charge in [0.15, 0.2) is 0 Å². The van der Waals surface area contributed by atoms with Crippen LogP contribution in [0.5, 0.6) is 5.75 Å². The van der Waals surface area contributed by atoms with Crippen LogP contribution in [0, 0.1) is 0 Å². The number of hydrogen-bond acceptors (Lipinski definition) is 5. The minimum Gasteiger partial charge on any atom is -0.490 e. The normalized spacial score (nSPS) is 10.1. The largest absolute Gasteiger partial charge is 0.490 e. The molecule has 0 saturated carbocycles. The van der Waals surface area contributed by atoms with E-state index < -0.39 is 5.97 Å². The number of ether oxygens (including phenoxy) is 2. The number of aromatic nitrogens is 1. The smallest absolute Gasteiger partial charge is 0.342 e. The fourth-order valence-corrected chi connectivity index (χ4v) is 1.76. The van der Waals surface area contributed by atoms with Gasteiger partial charge in [-0.25, -0.2) is 9.78 Å². The second-order valence-corrected chi connectivity index (χ2v) is 4.79. The Labute approximate surface area is 124 Å². The summed E-state index contributed by atoms with van der Waals surface area (Å²) in [5.74, 6) is 0.367. The van der Waals surface area contributed by atoms with Crippen LogP contribution in [0.2, 0.25) is 0 Å². The van der Waals surface area contributed by atoms with E-state index in [-0.39, 0.29) is 24.6 Å². The van der Waals surface area contributed by atoms with Gasteiger partial charge < -0.3 is 15.2 Å². The average Bonchev–Trinajstić information content (AvgIpc) is 2.46. The number of carbonyl (C=O) groups excluding carboxylic acids is 1. The van der Waals surface area contributed by atoms with Crippen molar-refractivity contribution in [3.05, 3.63) is 52.6 Å². The van der Waals surface area contributed by atoms with E-state index in [1.54, 1.807) is 12.1 Å². The molecule has 0 spiro atoms. The average molecular weight is 337 g/mol. The summed E-state index contributed by atoms with van der Waals surface area (Å²) in [5.41, 5.74) is 5.84. The van der Waals surface area contributed by atoms with Crippen molar-refractivity contribution >= 4 is 27.7 Å². The van der Waals surface area contributed by atoms with Gasteiger partial charge in [0, 0.05) is 10.7 Å².